The minimum Gasteiger partial charge on any atom is -0.465 e. The van der Waals surface area contributed by atoms with Crippen molar-refractivity contribution in [1.82, 2.24) is 10.3 Å². The molecule has 1 amide bonds. The van der Waals surface area contributed by atoms with Crippen LogP contribution in [0.4, 0.5) is 4.79 Å². The van der Waals surface area contributed by atoms with Crippen LogP contribution in [-0.2, 0) is 10.9 Å². The van der Waals surface area contributed by atoms with E-state index in [1.165, 1.54) is 12.8 Å². The van der Waals surface area contributed by atoms with Crippen LogP contribution in [0.5, 0.6) is 0 Å². The van der Waals surface area contributed by atoms with E-state index in [9.17, 15) is 4.79 Å². The summed E-state index contributed by atoms with van der Waals surface area (Å²) < 4.78 is 11.5. The Hall–Kier alpha value is -1.65. The highest BCUT2D eigenvalue weighted by Crippen LogP contribution is 2.20. The summed E-state index contributed by atoms with van der Waals surface area (Å²) in [6.45, 7) is 4.65. The molecule has 7 heteroatoms. The number of fused-ring (bicyclic) bond motifs is 1. The van der Waals surface area contributed by atoms with Crippen LogP contribution in [0.15, 0.2) is 22.6 Å². The van der Waals surface area contributed by atoms with Gasteiger partial charge in [-0.1, -0.05) is 19.8 Å². The molecule has 1 aromatic heterocycles. The standard InChI is InChI=1S/C18H27N2O4P/c1-3-4-5-8-17-20-15-12-14(9-10-16(15)24-17)25-23-11-6-7-13(2)19-18(21)22/h9-10,12-13,19,25H,3-8,11H2,1-2H3,(H,21,22)/t13-/m1/s1. The predicted molar refractivity (Wildman–Crippen MR) is 101 cm³/mol. The summed E-state index contributed by atoms with van der Waals surface area (Å²) in [6.07, 6.45) is 4.98. The van der Waals surface area contributed by atoms with Crippen LogP contribution in [0.3, 0.4) is 0 Å². The first-order valence-electron chi connectivity index (χ1n) is 8.85. The third-order valence-corrected chi connectivity index (χ3v) is 4.76. The van der Waals surface area contributed by atoms with Crippen molar-refractivity contribution < 1.29 is 18.8 Å². The maximum absolute atomic E-state index is 10.5. The van der Waals surface area contributed by atoms with Crippen molar-refractivity contribution in [3.63, 3.8) is 0 Å². The zero-order valence-corrected chi connectivity index (χ0v) is 15.9. The quantitative estimate of drug-likeness (QED) is 0.459. The minimum absolute atomic E-state index is 0.0537. The van der Waals surface area contributed by atoms with Crippen molar-refractivity contribution in [2.75, 3.05) is 6.61 Å². The van der Waals surface area contributed by atoms with E-state index in [1.54, 1.807) is 0 Å². The maximum atomic E-state index is 10.5. The molecular formula is C18H27N2O4P. The Morgan fingerprint density at radius 1 is 1.40 bits per heavy atom. The molecule has 0 saturated heterocycles. The Bertz CT molecular complexity index is 674. The lowest BCUT2D eigenvalue weighted by Crippen LogP contribution is -2.31. The summed E-state index contributed by atoms with van der Waals surface area (Å²) in [5, 5.41) is 12.2. The first-order valence-corrected chi connectivity index (χ1v) is 9.76. The average molecular weight is 366 g/mol. The SMILES string of the molecule is CCCCCc1nc2cc(POCCC[C@@H](C)NC(=O)O)ccc2o1. The number of aromatic nitrogens is 1. The molecule has 1 heterocycles. The Kier molecular flexibility index (Phi) is 8.16. The molecule has 0 spiro atoms. The van der Waals surface area contributed by atoms with Crippen molar-refractivity contribution in [3.8, 4) is 0 Å². The minimum atomic E-state index is -0.981. The molecule has 2 atom stereocenters. The molecule has 0 aliphatic carbocycles. The molecule has 138 valence electrons. The lowest BCUT2D eigenvalue weighted by atomic mass is 10.2. The molecule has 0 bridgehead atoms. The monoisotopic (exact) mass is 366 g/mol. The van der Waals surface area contributed by atoms with Gasteiger partial charge in [-0.05, 0) is 44.4 Å². The van der Waals surface area contributed by atoms with E-state index in [-0.39, 0.29) is 14.8 Å². The zero-order valence-electron chi connectivity index (χ0n) is 14.9. The number of nitrogens with zero attached hydrogens (tertiary/aromatic N) is 1. The van der Waals surface area contributed by atoms with Gasteiger partial charge in [-0.3, -0.25) is 0 Å². The Balaban J connectivity index is 1.74. The largest absolute Gasteiger partial charge is 0.465 e. The lowest BCUT2D eigenvalue weighted by molar-refractivity contribution is 0.189. The van der Waals surface area contributed by atoms with Crippen LogP contribution in [0.25, 0.3) is 11.1 Å². The van der Waals surface area contributed by atoms with Gasteiger partial charge in [0.05, 0.1) is 6.61 Å². The van der Waals surface area contributed by atoms with Crippen molar-refractivity contribution in [1.29, 1.82) is 0 Å². The maximum Gasteiger partial charge on any atom is 0.404 e. The fourth-order valence-electron chi connectivity index (χ4n) is 2.55. The van der Waals surface area contributed by atoms with Gasteiger partial charge in [-0.25, -0.2) is 9.78 Å². The summed E-state index contributed by atoms with van der Waals surface area (Å²) in [6, 6.07) is 5.93. The van der Waals surface area contributed by atoms with Crippen molar-refractivity contribution in [2.45, 2.75) is 58.4 Å². The number of aryl methyl sites for hydroxylation is 1. The van der Waals surface area contributed by atoms with Gasteiger partial charge in [-0.15, -0.1) is 0 Å². The van der Waals surface area contributed by atoms with E-state index >= 15 is 0 Å². The average Bonchev–Trinajstić information content (AvgIpc) is 2.96. The highest BCUT2D eigenvalue weighted by atomic mass is 31.1. The molecule has 0 aliphatic heterocycles. The number of hydrogen-bond donors (Lipinski definition) is 2. The van der Waals surface area contributed by atoms with Crippen LogP contribution in [0.1, 0.15) is 51.8 Å². The number of rotatable bonds is 11. The molecule has 0 saturated carbocycles. The second-order valence-corrected chi connectivity index (χ2v) is 7.26. The van der Waals surface area contributed by atoms with Gasteiger partial charge >= 0.3 is 6.09 Å². The summed E-state index contributed by atoms with van der Waals surface area (Å²) in [4.78, 5) is 15.1. The number of oxazole rings is 1. The number of benzene rings is 1. The topological polar surface area (TPSA) is 84.6 Å². The molecule has 0 radical (unpaired) electrons. The number of hydrogen-bond acceptors (Lipinski definition) is 4. The first-order chi connectivity index (χ1) is 12.1. The molecule has 2 N–H and O–H groups in total. The normalized spacial score (nSPS) is 12.9. The third-order valence-electron chi connectivity index (χ3n) is 3.87. The van der Waals surface area contributed by atoms with E-state index < -0.39 is 6.09 Å². The molecule has 0 aliphatic rings. The van der Waals surface area contributed by atoms with Gasteiger partial charge in [0.1, 0.15) is 5.52 Å². The number of nitrogens with one attached hydrogen (secondary N) is 1. The van der Waals surface area contributed by atoms with E-state index in [1.807, 2.05) is 25.1 Å². The molecule has 6 nitrogen and oxygen atoms in total. The molecule has 2 rings (SSSR count). The molecule has 1 aromatic carbocycles. The molecule has 25 heavy (non-hydrogen) atoms. The highest BCUT2D eigenvalue weighted by molar-refractivity contribution is 7.41. The summed E-state index contributed by atoms with van der Waals surface area (Å²) in [7, 11) is 0.259. The van der Waals surface area contributed by atoms with Gasteiger partial charge in [-0.2, -0.15) is 0 Å². The fourth-order valence-corrected chi connectivity index (χ4v) is 3.31. The van der Waals surface area contributed by atoms with Gasteiger partial charge in [0.25, 0.3) is 0 Å². The number of unbranched alkanes of at least 4 members (excludes halogenated alkanes) is 2. The second-order valence-electron chi connectivity index (χ2n) is 6.19. The van der Waals surface area contributed by atoms with E-state index in [2.05, 4.69) is 17.2 Å². The Morgan fingerprint density at radius 3 is 3.00 bits per heavy atom. The van der Waals surface area contributed by atoms with E-state index in [4.69, 9.17) is 14.0 Å². The van der Waals surface area contributed by atoms with Crippen LogP contribution in [0.2, 0.25) is 0 Å². The second kappa shape index (κ2) is 10.4. The van der Waals surface area contributed by atoms with E-state index in [0.717, 1.165) is 48.0 Å². The third kappa shape index (κ3) is 7.00. The van der Waals surface area contributed by atoms with E-state index in [0.29, 0.717) is 6.61 Å². The zero-order chi connectivity index (χ0) is 18.1. The van der Waals surface area contributed by atoms with Gasteiger partial charge in [0, 0.05) is 26.6 Å². The van der Waals surface area contributed by atoms with Crippen molar-refractivity contribution >= 4 is 31.3 Å². The summed E-state index contributed by atoms with van der Waals surface area (Å²) in [5.74, 6) is 0.810. The van der Waals surface area contributed by atoms with Gasteiger partial charge in [0.2, 0.25) is 0 Å². The smallest absolute Gasteiger partial charge is 0.404 e. The van der Waals surface area contributed by atoms with Crippen LogP contribution in [-0.4, -0.2) is 28.8 Å². The molecule has 0 fully saturated rings. The predicted octanol–water partition coefficient (Wildman–Crippen LogP) is 4.23. The first kappa shape index (κ1) is 19.7. The molecule has 1 unspecified atom stereocenters. The fraction of sp³-hybridized carbons (Fsp3) is 0.556. The van der Waals surface area contributed by atoms with Gasteiger partial charge in [0.15, 0.2) is 11.5 Å². The highest BCUT2D eigenvalue weighted by Gasteiger charge is 2.07. The number of amides is 1. The summed E-state index contributed by atoms with van der Waals surface area (Å²) >= 11 is 0. The summed E-state index contributed by atoms with van der Waals surface area (Å²) in [5.41, 5.74) is 1.72. The number of carbonyl (C=O) groups is 1. The van der Waals surface area contributed by atoms with Crippen LogP contribution in [0, 0.1) is 0 Å². The van der Waals surface area contributed by atoms with Crippen LogP contribution >= 0.6 is 8.81 Å². The number of carboxylic acid groups (broad SMARTS) is 1. The van der Waals surface area contributed by atoms with Crippen molar-refractivity contribution in [3.05, 3.63) is 24.1 Å². The van der Waals surface area contributed by atoms with Crippen LogP contribution < -0.4 is 10.6 Å². The van der Waals surface area contributed by atoms with Crippen molar-refractivity contribution in [2.24, 2.45) is 0 Å². The van der Waals surface area contributed by atoms with Gasteiger partial charge < -0.3 is 19.4 Å². The lowest BCUT2D eigenvalue weighted by Gasteiger charge is -2.10. The Morgan fingerprint density at radius 2 is 2.24 bits per heavy atom. The molecule has 2 aromatic rings. The molecular weight excluding hydrogens is 339 g/mol. The Labute approximate surface area is 150 Å².